The highest BCUT2D eigenvalue weighted by atomic mass is 35.5. The van der Waals surface area contributed by atoms with Gasteiger partial charge in [0.25, 0.3) is 15.9 Å². The molecule has 1 fully saturated rings. The van der Waals surface area contributed by atoms with Gasteiger partial charge in [0.05, 0.1) is 10.6 Å². The molecule has 0 unspecified atom stereocenters. The average molecular weight is 394 g/mol. The first-order valence-electron chi connectivity index (χ1n) is 8.21. The van der Waals surface area contributed by atoms with Crippen LogP contribution < -0.4 is 14.9 Å². The van der Waals surface area contributed by atoms with Crippen LogP contribution in [0.1, 0.15) is 10.4 Å². The quantitative estimate of drug-likeness (QED) is 0.787. The summed E-state index contributed by atoms with van der Waals surface area (Å²) in [4.78, 5) is 12.3. The molecule has 26 heavy (non-hydrogen) atoms. The van der Waals surface area contributed by atoms with Crippen molar-refractivity contribution in [3.63, 3.8) is 0 Å². The van der Waals surface area contributed by atoms with Crippen molar-refractivity contribution >= 4 is 33.2 Å². The summed E-state index contributed by atoms with van der Waals surface area (Å²) in [5.74, 6) is 0.152. The van der Waals surface area contributed by atoms with Crippen molar-refractivity contribution in [1.82, 2.24) is 10.6 Å². The number of nitrogens with one attached hydrogen (secondary N) is 2. The Morgan fingerprint density at radius 1 is 1.23 bits per heavy atom. The van der Waals surface area contributed by atoms with Gasteiger partial charge in [0.1, 0.15) is 0 Å². The molecule has 1 aliphatic rings. The highest BCUT2D eigenvalue weighted by Gasteiger charge is 2.23. The van der Waals surface area contributed by atoms with Crippen molar-refractivity contribution in [3.05, 3.63) is 59.1 Å². The fourth-order valence-corrected chi connectivity index (χ4v) is 4.02. The number of hydrogen-bond acceptors (Lipinski definition) is 4. The van der Waals surface area contributed by atoms with Gasteiger partial charge < -0.3 is 10.6 Å². The van der Waals surface area contributed by atoms with Crippen LogP contribution in [0.25, 0.3) is 0 Å². The number of carbonyl (C=O) groups excluding carboxylic acids is 1. The molecule has 0 aromatic heterocycles. The largest absolute Gasteiger partial charge is 0.352 e. The van der Waals surface area contributed by atoms with Gasteiger partial charge in [-0.25, -0.2) is 8.42 Å². The number of rotatable bonds is 6. The molecule has 3 rings (SSSR count). The van der Waals surface area contributed by atoms with Crippen molar-refractivity contribution in [3.8, 4) is 0 Å². The topological polar surface area (TPSA) is 78.5 Å². The number of hydrogen-bond donors (Lipinski definition) is 2. The van der Waals surface area contributed by atoms with E-state index in [0.717, 1.165) is 17.4 Å². The van der Waals surface area contributed by atoms with E-state index in [1.807, 2.05) is 0 Å². The van der Waals surface area contributed by atoms with E-state index in [9.17, 15) is 13.2 Å². The number of sulfonamides is 1. The molecule has 1 aliphatic heterocycles. The van der Waals surface area contributed by atoms with Crippen LogP contribution in [-0.4, -0.2) is 41.0 Å². The smallest absolute Gasteiger partial charge is 0.264 e. The van der Waals surface area contributed by atoms with Crippen LogP contribution >= 0.6 is 11.6 Å². The standard InChI is InChI=1S/C18H20ClN3O3S/c1-22(16-6-3-5-15(19)9-16)26(24,25)17-7-2-4-14(8-17)18(23)21-12-13-10-20-11-13/h2-9,13,20H,10-12H2,1H3,(H,21,23). The fraction of sp³-hybridized carbons (Fsp3) is 0.278. The van der Waals surface area contributed by atoms with Crippen molar-refractivity contribution in [2.24, 2.45) is 5.92 Å². The van der Waals surface area contributed by atoms with Gasteiger partial charge in [-0.3, -0.25) is 9.10 Å². The summed E-state index contributed by atoms with van der Waals surface area (Å²) in [6.45, 7) is 2.35. The predicted molar refractivity (Wildman–Crippen MR) is 102 cm³/mol. The van der Waals surface area contributed by atoms with Gasteiger partial charge in [-0.15, -0.1) is 0 Å². The predicted octanol–water partition coefficient (Wildman–Crippen LogP) is 2.11. The molecule has 2 aromatic carbocycles. The molecule has 1 saturated heterocycles. The second-order valence-electron chi connectivity index (χ2n) is 6.21. The van der Waals surface area contributed by atoms with Crippen LogP contribution in [-0.2, 0) is 10.0 Å². The number of benzene rings is 2. The van der Waals surface area contributed by atoms with Crippen molar-refractivity contribution in [2.75, 3.05) is 31.0 Å². The van der Waals surface area contributed by atoms with Crippen LogP contribution in [0.3, 0.4) is 0 Å². The average Bonchev–Trinajstić information content (AvgIpc) is 2.59. The minimum absolute atomic E-state index is 0.0536. The minimum Gasteiger partial charge on any atom is -0.352 e. The lowest BCUT2D eigenvalue weighted by Gasteiger charge is -2.27. The molecule has 2 aromatic rings. The fourth-order valence-electron chi connectivity index (χ4n) is 2.60. The molecule has 0 atom stereocenters. The van der Waals surface area contributed by atoms with Crippen LogP contribution in [0.4, 0.5) is 5.69 Å². The first kappa shape index (κ1) is 18.7. The summed E-state index contributed by atoms with van der Waals surface area (Å²) >= 11 is 5.95. The molecular formula is C18H20ClN3O3S. The first-order chi connectivity index (χ1) is 12.4. The van der Waals surface area contributed by atoms with Crippen LogP contribution in [0.5, 0.6) is 0 Å². The van der Waals surface area contributed by atoms with E-state index in [-0.39, 0.29) is 10.8 Å². The van der Waals surface area contributed by atoms with Gasteiger partial charge in [0.15, 0.2) is 0 Å². The summed E-state index contributed by atoms with van der Waals surface area (Å²) in [6, 6.07) is 12.6. The zero-order chi connectivity index (χ0) is 18.7. The van der Waals surface area contributed by atoms with Crippen LogP contribution in [0, 0.1) is 5.92 Å². The number of amides is 1. The lowest BCUT2D eigenvalue weighted by atomic mass is 10.0. The van der Waals surface area contributed by atoms with Gasteiger partial charge >= 0.3 is 0 Å². The maximum atomic E-state index is 12.9. The molecular weight excluding hydrogens is 374 g/mol. The van der Waals surface area contributed by atoms with E-state index in [0.29, 0.717) is 28.7 Å². The minimum atomic E-state index is -3.80. The molecule has 138 valence electrons. The molecule has 0 radical (unpaired) electrons. The van der Waals surface area contributed by atoms with E-state index in [1.165, 1.54) is 19.2 Å². The highest BCUT2D eigenvalue weighted by Crippen LogP contribution is 2.25. The number of carbonyl (C=O) groups is 1. The van der Waals surface area contributed by atoms with Crippen LogP contribution in [0.2, 0.25) is 5.02 Å². The number of nitrogens with zero attached hydrogens (tertiary/aromatic N) is 1. The monoisotopic (exact) mass is 393 g/mol. The third-order valence-corrected chi connectivity index (χ3v) is 6.36. The Labute approximate surface area is 158 Å². The zero-order valence-corrected chi connectivity index (χ0v) is 15.8. The lowest BCUT2D eigenvalue weighted by molar-refractivity contribution is 0.0942. The molecule has 0 saturated carbocycles. The Bertz CT molecular complexity index is 913. The van der Waals surface area contributed by atoms with Gasteiger partial charge in [-0.1, -0.05) is 23.7 Å². The Hall–Kier alpha value is -2.09. The maximum Gasteiger partial charge on any atom is 0.264 e. The summed E-state index contributed by atoms with van der Waals surface area (Å²) < 4.78 is 26.9. The molecule has 8 heteroatoms. The number of halogens is 1. The van der Waals surface area contributed by atoms with E-state index in [4.69, 9.17) is 11.6 Å². The second kappa shape index (κ2) is 7.65. The van der Waals surface area contributed by atoms with Gasteiger partial charge in [0.2, 0.25) is 0 Å². The van der Waals surface area contributed by atoms with E-state index < -0.39 is 10.0 Å². The Kier molecular flexibility index (Phi) is 5.50. The van der Waals surface area contributed by atoms with E-state index in [1.54, 1.807) is 36.4 Å². The Balaban J connectivity index is 1.80. The third kappa shape index (κ3) is 4.00. The molecule has 6 nitrogen and oxygen atoms in total. The van der Waals surface area contributed by atoms with E-state index >= 15 is 0 Å². The molecule has 1 amide bonds. The molecule has 0 aliphatic carbocycles. The third-order valence-electron chi connectivity index (χ3n) is 4.34. The van der Waals surface area contributed by atoms with Gasteiger partial charge in [0, 0.05) is 43.2 Å². The normalized spacial score (nSPS) is 14.5. The van der Waals surface area contributed by atoms with Crippen molar-refractivity contribution in [1.29, 1.82) is 0 Å². The van der Waals surface area contributed by atoms with Crippen molar-refractivity contribution < 1.29 is 13.2 Å². The first-order valence-corrected chi connectivity index (χ1v) is 10.0. The van der Waals surface area contributed by atoms with Gasteiger partial charge in [-0.2, -0.15) is 0 Å². The molecule has 0 spiro atoms. The Morgan fingerprint density at radius 2 is 1.96 bits per heavy atom. The van der Waals surface area contributed by atoms with E-state index in [2.05, 4.69) is 10.6 Å². The molecule has 2 N–H and O–H groups in total. The van der Waals surface area contributed by atoms with Crippen LogP contribution in [0.15, 0.2) is 53.4 Å². The second-order valence-corrected chi connectivity index (χ2v) is 8.62. The SMILES string of the molecule is CN(c1cccc(Cl)c1)S(=O)(=O)c1cccc(C(=O)NCC2CNC2)c1. The van der Waals surface area contributed by atoms with Gasteiger partial charge in [-0.05, 0) is 36.4 Å². The Morgan fingerprint density at radius 3 is 2.62 bits per heavy atom. The van der Waals surface area contributed by atoms with Crippen molar-refractivity contribution in [2.45, 2.75) is 4.90 Å². The molecule has 0 bridgehead atoms. The summed E-state index contributed by atoms with van der Waals surface area (Å²) in [5.41, 5.74) is 0.766. The summed E-state index contributed by atoms with van der Waals surface area (Å²) in [5, 5.41) is 6.43. The summed E-state index contributed by atoms with van der Waals surface area (Å²) in [6.07, 6.45) is 0. The zero-order valence-electron chi connectivity index (χ0n) is 14.3. The summed E-state index contributed by atoms with van der Waals surface area (Å²) in [7, 11) is -2.35. The number of anilines is 1. The highest BCUT2D eigenvalue weighted by molar-refractivity contribution is 7.92. The lowest BCUT2D eigenvalue weighted by Crippen LogP contribution is -2.48. The maximum absolute atomic E-state index is 12.9. The molecule has 1 heterocycles.